The van der Waals surface area contributed by atoms with Gasteiger partial charge in [0.25, 0.3) is 0 Å². The van der Waals surface area contributed by atoms with Crippen molar-refractivity contribution in [3.8, 4) is 17.1 Å². The predicted octanol–water partition coefficient (Wildman–Crippen LogP) is 3.83. The van der Waals surface area contributed by atoms with E-state index in [1.54, 1.807) is 31.2 Å². The average Bonchev–Trinajstić information content (AvgIpc) is 3.21. The number of benzene rings is 2. The van der Waals surface area contributed by atoms with Gasteiger partial charge >= 0.3 is 0 Å². The summed E-state index contributed by atoms with van der Waals surface area (Å²) in [6, 6.07) is 10.2. The lowest BCUT2D eigenvalue weighted by molar-refractivity contribution is 0.0233. The molecule has 0 bridgehead atoms. The Labute approximate surface area is 166 Å². The predicted molar refractivity (Wildman–Crippen MR) is 102 cm³/mol. The molecule has 150 valence electrons. The molecule has 4 rings (SSSR count). The number of nitrogens with zero attached hydrogens (tertiary/aromatic N) is 3. The summed E-state index contributed by atoms with van der Waals surface area (Å²) in [5, 5.41) is 8.57. The Kier molecular flexibility index (Phi) is 4.37. The van der Waals surface area contributed by atoms with E-state index in [4.69, 9.17) is 10.5 Å². The number of primary amides is 1. The molecular formula is C21H20F2N4O2. The van der Waals surface area contributed by atoms with Gasteiger partial charge in [0, 0.05) is 23.1 Å². The van der Waals surface area contributed by atoms with E-state index in [1.807, 2.05) is 18.4 Å². The molecule has 0 aliphatic carbocycles. The summed E-state index contributed by atoms with van der Waals surface area (Å²) < 4.78 is 36.2. The van der Waals surface area contributed by atoms with E-state index in [9.17, 15) is 13.6 Å². The van der Waals surface area contributed by atoms with Gasteiger partial charge in [0.15, 0.2) is 34.6 Å². The maximum absolute atomic E-state index is 14.2. The van der Waals surface area contributed by atoms with E-state index < -0.39 is 28.9 Å². The quantitative estimate of drug-likeness (QED) is 0.724. The molecule has 3 atom stereocenters. The Hall–Kier alpha value is -3.29. The second kappa shape index (κ2) is 6.65. The van der Waals surface area contributed by atoms with E-state index in [1.165, 1.54) is 6.07 Å². The van der Waals surface area contributed by atoms with Gasteiger partial charge in [-0.15, -0.1) is 10.2 Å². The molecule has 0 saturated carbocycles. The van der Waals surface area contributed by atoms with Crippen molar-refractivity contribution < 1.29 is 18.3 Å². The second-order valence-electron chi connectivity index (χ2n) is 7.45. The van der Waals surface area contributed by atoms with Crippen LogP contribution < -0.4 is 10.5 Å². The van der Waals surface area contributed by atoms with Crippen LogP contribution in [-0.2, 0) is 5.60 Å². The molecule has 8 heteroatoms. The lowest BCUT2D eigenvalue weighted by Gasteiger charge is -2.30. The third-order valence-electron chi connectivity index (χ3n) is 5.80. The molecule has 1 aliphatic heterocycles. The maximum atomic E-state index is 14.2. The highest BCUT2D eigenvalue weighted by atomic mass is 19.1. The molecule has 0 fully saturated rings. The lowest BCUT2D eigenvalue weighted by atomic mass is 9.88. The van der Waals surface area contributed by atoms with Crippen LogP contribution in [0.15, 0.2) is 42.5 Å². The van der Waals surface area contributed by atoms with E-state index in [0.717, 1.165) is 17.7 Å². The van der Waals surface area contributed by atoms with Crippen molar-refractivity contribution in [1.82, 2.24) is 14.8 Å². The molecule has 2 aromatic carbocycles. The number of aromatic nitrogens is 3. The van der Waals surface area contributed by atoms with Gasteiger partial charge in [0.05, 0.1) is 0 Å². The summed E-state index contributed by atoms with van der Waals surface area (Å²) in [6.45, 7) is 5.68. The largest absolute Gasteiger partial charge is 0.473 e. The number of amides is 1. The van der Waals surface area contributed by atoms with Crippen LogP contribution in [0.25, 0.3) is 11.4 Å². The standard InChI is InChI=1S/C21H20F2N4O2/c1-11-12(2)27-19(14-9-7-13(8-10-14)18(24)28)25-26-20(27)21(11,3)29-17-15(22)5-4-6-16(17)23/h4-12H,1-3H3,(H2,24,28). The van der Waals surface area contributed by atoms with E-state index in [-0.39, 0.29) is 12.0 Å². The number of carbonyl (C=O) groups excluding carboxylic acids is 1. The highest BCUT2D eigenvalue weighted by Gasteiger charge is 2.51. The van der Waals surface area contributed by atoms with Crippen LogP contribution in [0.1, 0.15) is 43.0 Å². The molecule has 1 aliphatic rings. The van der Waals surface area contributed by atoms with Gasteiger partial charge < -0.3 is 15.0 Å². The molecule has 0 radical (unpaired) electrons. The van der Waals surface area contributed by atoms with Gasteiger partial charge in [0.1, 0.15) is 0 Å². The summed E-state index contributed by atoms with van der Waals surface area (Å²) in [5.41, 5.74) is 5.35. The summed E-state index contributed by atoms with van der Waals surface area (Å²) in [7, 11) is 0. The fraction of sp³-hybridized carbons (Fsp3) is 0.286. The Morgan fingerprint density at radius 2 is 1.72 bits per heavy atom. The highest BCUT2D eigenvalue weighted by molar-refractivity contribution is 5.93. The average molecular weight is 398 g/mol. The molecule has 29 heavy (non-hydrogen) atoms. The molecule has 1 aromatic heterocycles. The van der Waals surface area contributed by atoms with E-state index in [2.05, 4.69) is 10.2 Å². The topological polar surface area (TPSA) is 83.0 Å². The number of halogens is 2. The zero-order chi connectivity index (χ0) is 20.9. The minimum absolute atomic E-state index is 0.0920. The van der Waals surface area contributed by atoms with Gasteiger partial charge in [-0.2, -0.15) is 0 Å². The van der Waals surface area contributed by atoms with Crippen LogP contribution in [0.3, 0.4) is 0 Å². The molecular weight excluding hydrogens is 378 g/mol. The molecule has 2 N–H and O–H groups in total. The number of hydrogen-bond acceptors (Lipinski definition) is 4. The zero-order valence-electron chi connectivity index (χ0n) is 16.2. The van der Waals surface area contributed by atoms with Crippen LogP contribution in [0.5, 0.6) is 5.75 Å². The third kappa shape index (κ3) is 2.86. The molecule has 0 saturated heterocycles. The second-order valence-corrected chi connectivity index (χ2v) is 7.45. The number of carbonyl (C=O) groups is 1. The van der Waals surface area contributed by atoms with Crippen molar-refractivity contribution in [1.29, 1.82) is 0 Å². The number of nitrogens with two attached hydrogens (primary N) is 1. The number of hydrogen-bond donors (Lipinski definition) is 1. The van der Waals surface area contributed by atoms with Crippen molar-refractivity contribution in [3.63, 3.8) is 0 Å². The minimum atomic E-state index is -1.08. The first-order chi connectivity index (χ1) is 13.7. The number of rotatable bonds is 4. The number of para-hydroxylation sites is 1. The Morgan fingerprint density at radius 3 is 2.31 bits per heavy atom. The Balaban J connectivity index is 1.78. The summed E-state index contributed by atoms with van der Waals surface area (Å²) >= 11 is 0. The number of ether oxygens (including phenoxy) is 1. The molecule has 6 nitrogen and oxygen atoms in total. The van der Waals surface area contributed by atoms with Crippen LogP contribution in [0.2, 0.25) is 0 Å². The fourth-order valence-corrected chi connectivity index (χ4v) is 3.81. The first-order valence-electron chi connectivity index (χ1n) is 9.22. The van der Waals surface area contributed by atoms with Gasteiger partial charge in [0.2, 0.25) is 5.91 Å². The molecule has 2 heterocycles. The SMILES string of the molecule is CC1C(C)C(C)(Oc2c(F)cccc2F)c2nnc(-c3ccc(C(N)=O)cc3)n21. The zero-order valence-corrected chi connectivity index (χ0v) is 16.2. The highest BCUT2D eigenvalue weighted by Crippen LogP contribution is 2.48. The van der Waals surface area contributed by atoms with Crippen LogP contribution >= 0.6 is 0 Å². The van der Waals surface area contributed by atoms with Gasteiger partial charge in [-0.3, -0.25) is 4.79 Å². The van der Waals surface area contributed by atoms with Crippen molar-refractivity contribution >= 4 is 5.91 Å². The third-order valence-corrected chi connectivity index (χ3v) is 5.80. The monoisotopic (exact) mass is 398 g/mol. The van der Waals surface area contributed by atoms with Crippen molar-refractivity contribution in [3.05, 3.63) is 65.5 Å². The summed E-state index contributed by atoms with van der Waals surface area (Å²) in [5.74, 6) is -1.57. The van der Waals surface area contributed by atoms with Crippen LogP contribution in [0, 0.1) is 17.6 Å². The Bertz CT molecular complexity index is 1080. The smallest absolute Gasteiger partial charge is 0.248 e. The fourth-order valence-electron chi connectivity index (χ4n) is 3.81. The molecule has 0 spiro atoms. The van der Waals surface area contributed by atoms with Crippen molar-refractivity contribution in [2.45, 2.75) is 32.4 Å². The first-order valence-corrected chi connectivity index (χ1v) is 9.22. The van der Waals surface area contributed by atoms with Crippen LogP contribution in [-0.4, -0.2) is 20.7 Å². The van der Waals surface area contributed by atoms with E-state index in [0.29, 0.717) is 17.2 Å². The number of fused-ring (bicyclic) bond motifs is 1. The van der Waals surface area contributed by atoms with Crippen molar-refractivity contribution in [2.75, 3.05) is 0 Å². The minimum Gasteiger partial charge on any atom is -0.473 e. The van der Waals surface area contributed by atoms with Gasteiger partial charge in [-0.1, -0.05) is 25.1 Å². The molecule has 1 amide bonds. The Morgan fingerprint density at radius 1 is 1.10 bits per heavy atom. The summed E-state index contributed by atoms with van der Waals surface area (Å²) in [6.07, 6.45) is 0. The molecule has 3 aromatic rings. The van der Waals surface area contributed by atoms with Gasteiger partial charge in [-0.05, 0) is 38.1 Å². The summed E-state index contributed by atoms with van der Waals surface area (Å²) in [4.78, 5) is 11.3. The first kappa shape index (κ1) is 19.0. The normalized spacial score (nSPS) is 23.1. The van der Waals surface area contributed by atoms with E-state index >= 15 is 0 Å². The van der Waals surface area contributed by atoms with Gasteiger partial charge in [-0.25, -0.2) is 8.78 Å². The van der Waals surface area contributed by atoms with Crippen LogP contribution in [0.4, 0.5) is 8.78 Å². The lowest BCUT2D eigenvalue weighted by Crippen LogP contribution is -2.35. The maximum Gasteiger partial charge on any atom is 0.248 e. The van der Waals surface area contributed by atoms with Crippen molar-refractivity contribution in [2.24, 2.45) is 11.7 Å². The molecule has 3 unspecified atom stereocenters.